The highest BCUT2D eigenvalue weighted by Crippen LogP contribution is 2.23. The summed E-state index contributed by atoms with van der Waals surface area (Å²) in [6, 6.07) is 9.52. The number of ether oxygens (including phenoxy) is 1. The molecule has 0 saturated carbocycles. The maximum atomic E-state index is 12.1. The van der Waals surface area contributed by atoms with Gasteiger partial charge in [0.15, 0.2) is 12.4 Å². The summed E-state index contributed by atoms with van der Waals surface area (Å²) in [6.45, 7) is 1.12. The van der Waals surface area contributed by atoms with Crippen LogP contribution in [0.3, 0.4) is 0 Å². The van der Waals surface area contributed by atoms with Crippen LogP contribution < -0.4 is 5.32 Å². The summed E-state index contributed by atoms with van der Waals surface area (Å²) in [5.41, 5.74) is -0.00590. The minimum absolute atomic E-state index is 0.128. The van der Waals surface area contributed by atoms with Crippen LogP contribution in [-0.2, 0) is 9.53 Å². The van der Waals surface area contributed by atoms with Gasteiger partial charge in [-0.2, -0.15) is 0 Å². The van der Waals surface area contributed by atoms with Crippen molar-refractivity contribution in [2.75, 3.05) is 11.9 Å². The molecule has 0 fully saturated rings. The Balaban J connectivity index is 2.03. The van der Waals surface area contributed by atoms with Crippen molar-refractivity contribution in [3.63, 3.8) is 0 Å². The Morgan fingerprint density at radius 1 is 1.15 bits per heavy atom. The third-order valence-electron chi connectivity index (χ3n) is 3.52. The molecule has 8 nitrogen and oxygen atoms in total. The molecule has 0 aliphatic rings. The number of nitro benzene ring substituents is 1. The lowest BCUT2D eigenvalue weighted by atomic mass is 10.1. The van der Waals surface area contributed by atoms with Crippen LogP contribution in [0.15, 0.2) is 42.5 Å². The number of nitrogens with one attached hydrogen (secondary N) is 1. The van der Waals surface area contributed by atoms with Crippen molar-refractivity contribution in [2.24, 2.45) is 0 Å². The number of halogens is 1. The number of Topliss-reactive ketones (excluding diaryl/α,β-unsaturated/α-hetero) is 1. The average Bonchev–Trinajstić information content (AvgIpc) is 2.65. The van der Waals surface area contributed by atoms with Gasteiger partial charge >= 0.3 is 5.97 Å². The van der Waals surface area contributed by atoms with E-state index in [4.69, 9.17) is 16.3 Å². The van der Waals surface area contributed by atoms with E-state index in [-0.39, 0.29) is 22.1 Å². The van der Waals surface area contributed by atoms with E-state index in [2.05, 4.69) is 5.32 Å². The Bertz CT molecular complexity index is 895. The Morgan fingerprint density at radius 2 is 1.81 bits per heavy atom. The SMILES string of the molecule is CCC(=O)Nc1ccc(C(=O)COC(=O)c2cc(Cl)ccc2[N+](=O)[O-])cc1. The number of nitrogens with zero attached hydrogens (tertiary/aromatic N) is 1. The van der Waals surface area contributed by atoms with E-state index in [0.717, 1.165) is 12.1 Å². The van der Waals surface area contributed by atoms with Crippen LogP contribution in [0.1, 0.15) is 34.1 Å². The molecule has 0 aliphatic carbocycles. The van der Waals surface area contributed by atoms with Gasteiger partial charge in [0.25, 0.3) is 5.69 Å². The van der Waals surface area contributed by atoms with Gasteiger partial charge < -0.3 is 10.1 Å². The second-order valence-corrected chi connectivity index (χ2v) is 5.83. The third-order valence-corrected chi connectivity index (χ3v) is 3.76. The summed E-state index contributed by atoms with van der Waals surface area (Å²) in [6.07, 6.45) is 0.326. The van der Waals surface area contributed by atoms with Crippen molar-refractivity contribution in [1.29, 1.82) is 0 Å². The van der Waals surface area contributed by atoms with E-state index in [9.17, 15) is 24.5 Å². The van der Waals surface area contributed by atoms with Crippen molar-refractivity contribution in [2.45, 2.75) is 13.3 Å². The van der Waals surface area contributed by atoms with E-state index in [0.29, 0.717) is 12.1 Å². The lowest BCUT2D eigenvalue weighted by molar-refractivity contribution is -0.385. The van der Waals surface area contributed by atoms with Crippen LogP contribution in [0.25, 0.3) is 0 Å². The minimum Gasteiger partial charge on any atom is -0.454 e. The average molecular weight is 391 g/mol. The van der Waals surface area contributed by atoms with Gasteiger partial charge in [0, 0.05) is 28.8 Å². The molecule has 0 aromatic heterocycles. The number of anilines is 1. The Morgan fingerprint density at radius 3 is 2.41 bits per heavy atom. The van der Waals surface area contributed by atoms with E-state index in [1.807, 2.05) is 0 Å². The van der Waals surface area contributed by atoms with Crippen molar-refractivity contribution in [1.82, 2.24) is 0 Å². The highest BCUT2D eigenvalue weighted by molar-refractivity contribution is 6.31. The molecule has 27 heavy (non-hydrogen) atoms. The molecular weight excluding hydrogens is 376 g/mol. The van der Waals surface area contributed by atoms with E-state index in [1.165, 1.54) is 18.2 Å². The van der Waals surface area contributed by atoms with E-state index >= 15 is 0 Å². The highest BCUT2D eigenvalue weighted by atomic mass is 35.5. The van der Waals surface area contributed by atoms with Gasteiger partial charge in [-0.05, 0) is 36.4 Å². The number of nitro groups is 1. The van der Waals surface area contributed by atoms with Crippen LogP contribution in [0.5, 0.6) is 0 Å². The second kappa shape index (κ2) is 8.91. The van der Waals surface area contributed by atoms with Crippen LogP contribution in [0, 0.1) is 10.1 Å². The fourth-order valence-corrected chi connectivity index (χ4v) is 2.28. The highest BCUT2D eigenvalue weighted by Gasteiger charge is 2.22. The van der Waals surface area contributed by atoms with Crippen LogP contribution in [0.2, 0.25) is 5.02 Å². The zero-order valence-electron chi connectivity index (χ0n) is 14.2. The monoisotopic (exact) mass is 390 g/mol. The number of esters is 1. The van der Waals surface area contributed by atoms with Gasteiger partial charge in [-0.3, -0.25) is 19.7 Å². The molecule has 0 spiro atoms. The summed E-state index contributed by atoms with van der Waals surface area (Å²) < 4.78 is 4.88. The lowest BCUT2D eigenvalue weighted by Gasteiger charge is -2.07. The summed E-state index contributed by atoms with van der Waals surface area (Å²) in [4.78, 5) is 45.8. The second-order valence-electron chi connectivity index (χ2n) is 5.40. The van der Waals surface area contributed by atoms with Crippen molar-refractivity contribution >= 4 is 40.6 Å². The van der Waals surface area contributed by atoms with E-state index in [1.54, 1.807) is 19.1 Å². The van der Waals surface area contributed by atoms with Crippen LogP contribution in [-0.4, -0.2) is 29.2 Å². The van der Waals surface area contributed by atoms with Crippen molar-refractivity contribution < 1.29 is 24.0 Å². The summed E-state index contributed by atoms with van der Waals surface area (Å²) in [5.74, 6) is -1.68. The van der Waals surface area contributed by atoms with Gasteiger partial charge in [-0.15, -0.1) is 0 Å². The first-order chi connectivity index (χ1) is 12.8. The molecule has 0 heterocycles. The zero-order chi connectivity index (χ0) is 20.0. The quantitative estimate of drug-likeness (QED) is 0.334. The standard InChI is InChI=1S/C18H15ClN2O6/c1-2-17(23)20-13-6-3-11(4-7-13)16(22)10-27-18(24)14-9-12(19)5-8-15(14)21(25)26/h3-9H,2,10H2,1H3,(H,20,23). The van der Waals surface area contributed by atoms with E-state index < -0.39 is 29.0 Å². The summed E-state index contributed by atoms with van der Waals surface area (Å²) >= 11 is 5.76. The molecule has 0 bridgehead atoms. The normalized spacial score (nSPS) is 10.1. The van der Waals surface area contributed by atoms with Gasteiger partial charge in [0.05, 0.1) is 4.92 Å². The topological polar surface area (TPSA) is 116 Å². The van der Waals surface area contributed by atoms with Crippen LogP contribution >= 0.6 is 11.6 Å². The molecule has 0 radical (unpaired) electrons. The number of carbonyl (C=O) groups excluding carboxylic acids is 3. The van der Waals surface area contributed by atoms with Crippen LogP contribution in [0.4, 0.5) is 11.4 Å². The smallest absolute Gasteiger partial charge is 0.345 e. The molecule has 2 aromatic rings. The zero-order valence-corrected chi connectivity index (χ0v) is 15.0. The minimum atomic E-state index is -1.02. The van der Waals surface area contributed by atoms with Gasteiger partial charge in [0.1, 0.15) is 5.56 Å². The number of benzene rings is 2. The first-order valence-electron chi connectivity index (χ1n) is 7.86. The number of rotatable bonds is 7. The molecule has 2 rings (SSSR count). The number of ketones is 1. The first kappa shape index (κ1) is 20.1. The molecular formula is C18H15ClN2O6. The maximum absolute atomic E-state index is 12.1. The van der Waals surface area contributed by atoms with Gasteiger partial charge in [-0.25, -0.2) is 4.79 Å². The molecule has 1 amide bonds. The van der Waals surface area contributed by atoms with Crippen molar-refractivity contribution in [3.05, 3.63) is 68.7 Å². The molecule has 0 atom stereocenters. The third kappa shape index (κ3) is 5.35. The van der Waals surface area contributed by atoms with Crippen molar-refractivity contribution in [3.8, 4) is 0 Å². The predicted octanol–water partition coefficient (Wildman–Crippen LogP) is 3.64. The fourth-order valence-electron chi connectivity index (χ4n) is 2.11. The Kier molecular flexibility index (Phi) is 6.62. The molecule has 0 aliphatic heterocycles. The molecule has 0 saturated heterocycles. The number of carbonyl (C=O) groups is 3. The Labute approximate surface area is 159 Å². The summed E-state index contributed by atoms with van der Waals surface area (Å²) in [5, 5.41) is 13.8. The molecule has 0 unspecified atom stereocenters. The molecule has 9 heteroatoms. The number of hydrogen-bond acceptors (Lipinski definition) is 6. The lowest BCUT2D eigenvalue weighted by Crippen LogP contribution is -2.15. The number of hydrogen-bond donors (Lipinski definition) is 1. The fraction of sp³-hybridized carbons (Fsp3) is 0.167. The Hall–Kier alpha value is -3.26. The first-order valence-corrected chi connectivity index (χ1v) is 8.23. The maximum Gasteiger partial charge on any atom is 0.345 e. The summed E-state index contributed by atoms with van der Waals surface area (Å²) in [7, 11) is 0. The van der Waals surface area contributed by atoms with Gasteiger partial charge in [0.2, 0.25) is 5.91 Å². The van der Waals surface area contributed by atoms with Gasteiger partial charge in [-0.1, -0.05) is 18.5 Å². The predicted molar refractivity (Wildman–Crippen MR) is 98.1 cm³/mol. The molecule has 140 valence electrons. The largest absolute Gasteiger partial charge is 0.454 e. The number of amides is 1. The molecule has 1 N–H and O–H groups in total. The molecule has 2 aromatic carbocycles.